The molecule has 1 amide bonds. The molecule has 0 aromatic heterocycles. The summed E-state index contributed by atoms with van der Waals surface area (Å²) < 4.78 is 0. The monoisotopic (exact) mass is 405 g/mol. The van der Waals surface area contributed by atoms with Crippen molar-refractivity contribution in [3.8, 4) is 0 Å². The Labute approximate surface area is 169 Å². The number of rotatable bonds is 6. The van der Waals surface area contributed by atoms with Crippen molar-refractivity contribution < 1.29 is 14.6 Å². The summed E-state index contributed by atoms with van der Waals surface area (Å²) in [7, 11) is 0. The predicted molar refractivity (Wildman–Crippen MR) is 108 cm³/mol. The van der Waals surface area contributed by atoms with Gasteiger partial charge in [0.2, 0.25) is 5.91 Å². The Morgan fingerprint density at radius 2 is 1.86 bits per heavy atom. The number of nitro benzene ring substituents is 2. The highest BCUT2D eigenvalue weighted by Crippen LogP contribution is 2.32. The number of nitro groups is 2. The lowest BCUT2D eigenvalue weighted by molar-refractivity contribution is -0.393. The van der Waals surface area contributed by atoms with Crippen LogP contribution in [0, 0.1) is 26.1 Å². The van der Waals surface area contributed by atoms with Gasteiger partial charge >= 0.3 is 0 Å². The molecule has 0 bridgehead atoms. The predicted octanol–water partition coefficient (Wildman–Crippen LogP) is 2.32. The van der Waals surface area contributed by atoms with Crippen molar-refractivity contribution in [3.63, 3.8) is 0 Å². The molecule has 1 aliphatic heterocycles. The van der Waals surface area contributed by atoms with Gasteiger partial charge < -0.3 is 10.2 Å². The van der Waals surface area contributed by atoms with Gasteiger partial charge in [-0.05, 0) is 24.8 Å². The molecular formula is C19H27N5O5. The van der Waals surface area contributed by atoms with Crippen molar-refractivity contribution in [1.29, 1.82) is 0 Å². The van der Waals surface area contributed by atoms with Gasteiger partial charge in [0.15, 0.2) is 0 Å². The fourth-order valence-electron chi connectivity index (χ4n) is 4.23. The van der Waals surface area contributed by atoms with Gasteiger partial charge in [0.25, 0.3) is 11.4 Å². The van der Waals surface area contributed by atoms with Gasteiger partial charge in [-0.2, -0.15) is 0 Å². The minimum atomic E-state index is -0.638. The topological polar surface area (TPSA) is 122 Å². The first-order chi connectivity index (χ1) is 13.8. The van der Waals surface area contributed by atoms with Crippen molar-refractivity contribution in [1.82, 2.24) is 10.2 Å². The Bertz CT molecular complexity index is 778. The third-order valence-corrected chi connectivity index (χ3v) is 5.75. The number of piperazine rings is 1. The zero-order valence-corrected chi connectivity index (χ0v) is 16.6. The van der Waals surface area contributed by atoms with Gasteiger partial charge in [-0.25, -0.2) is 0 Å². The number of carbonyl (C=O) groups is 1. The first kappa shape index (κ1) is 21.0. The smallest absolute Gasteiger partial charge is 0.299 e. The van der Waals surface area contributed by atoms with Gasteiger partial charge in [0, 0.05) is 38.3 Å². The molecule has 1 N–H and O–H groups in total. The van der Waals surface area contributed by atoms with Crippen molar-refractivity contribution in [3.05, 3.63) is 38.4 Å². The van der Waals surface area contributed by atoms with Crippen molar-refractivity contribution >= 4 is 23.0 Å². The van der Waals surface area contributed by atoms with Gasteiger partial charge in [-0.1, -0.05) is 19.8 Å². The Morgan fingerprint density at radius 3 is 2.48 bits per heavy atom. The van der Waals surface area contributed by atoms with Crippen LogP contribution in [0.2, 0.25) is 0 Å². The van der Waals surface area contributed by atoms with E-state index in [0.29, 0.717) is 44.3 Å². The summed E-state index contributed by atoms with van der Waals surface area (Å²) in [6.07, 6.45) is 4.44. The van der Waals surface area contributed by atoms with E-state index in [4.69, 9.17) is 0 Å². The number of nitrogens with one attached hydrogen (secondary N) is 1. The molecule has 158 valence electrons. The number of nitrogens with zero attached hydrogens (tertiary/aromatic N) is 4. The van der Waals surface area contributed by atoms with Crippen LogP contribution in [0.4, 0.5) is 17.1 Å². The van der Waals surface area contributed by atoms with Gasteiger partial charge in [0.05, 0.1) is 22.5 Å². The molecular weight excluding hydrogens is 378 g/mol. The largest absolute Gasteiger partial charge is 0.363 e. The second kappa shape index (κ2) is 9.17. The lowest BCUT2D eigenvalue weighted by Crippen LogP contribution is -2.51. The first-order valence-corrected chi connectivity index (χ1v) is 10.0. The molecule has 2 unspecified atom stereocenters. The molecule has 1 saturated heterocycles. The molecule has 10 nitrogen and oxygen atoms in total. The summed E-state index contributed by atoms with van der Waals surface area (Å²) in [6.45, 7) is 4.78. The van der Waals surface area contributed by atoms with Crippen molar-refractivity contribution in [2.45, 2.75) is 38.6 Å². The number of amides is 1. The molecule has 1 heterocycles. The number of carbonyl (C=O) groups excluding carboxylic acids is 1. The van der Waals surface area contributed by atoms with E-state index in [1.54, 1.807) is 0 Å². The summed E-state index contributed by atoms with van der Waals surface area (Å²) >= 11 is 0. The van der Waals surface area contributed by atoms with E-state index < -0.39 is 9.85 Å². The highest BCUT2D eigenvalue weighted by atomic mass is 16.6. The summed E-state index contributed by atoms with van der Waals surface area (Å²) in [5.41, 5.74) is -0.189. The molecule has 1 aromatic carbocycles. The zero-order chi connectivity index (χ0) is 21.0. The summed E-state index contributed by atoms with van der Waals surface area (Å²) in [6, 6.07) is 3.98. The lowest BCUT2D eigenvalue weighted by Gasteiger charge is -2.36. The zero-order valence-electron chi connectivity index (χ0n) is 16.6. The van der Waals surface area contributed by atoms with E-state index in [1.807, 2.05) is 9.80 Å². The molecule has 1 aliphatic carbocycles. The Kier molecular flexibility index (Phi) is 6.63. The molecule has 2 atom stereocenters. The Balaban J connectivity index is 1.54. The average molecular weight is 405 g/mol. The second-order valence-corrected chi connectivity index (χ2v) is 7.99. The molecule has 29 heavy (non-hydrogen) atoms. The maximum atomic E-state index is 12.4. The maximum absolute atomic E-state index is 12.4. The van der Waals surface area contributed by atoms with Crippen LogP contribution in [0.25, 0.3) is 0 Å². The molecule has 2 fully saturated rings. The highest BCUT2D eigenvalue weighted by Gasteiger charge is 2.27. The summed E-state index contributed by atoms with van der Waals surface area (Å²) in [4.78, 5) is 37.3. The van der Waals surface area contributed by atoms with E-state index in [0.717, 1.165) is 25.3 Å². The van der Waals surface area contributed by atoms with E-state index in [2.05, 4.69) is 12.2 Å². The average Bonchev–Trinajstić information content (AvgIpc) is 2.68. The minimum absolute atomic E-state index is 0.0267. The number of benzene rings is 1. The Hall–Kier alpha value is -2.75. The van der Waals surface area contributed by atoms with Crippen LogP contribution in [-0.2, 0) is 4.79 Å². The molecule has 3 rings (SSSR count). The standard InChI is InChI=1S/C19H27N5O5/c1-14-3-2-4-15(11-14)20-19(25)13-21-7-9-22(10-8-21)17-6-5-16(23(26)27)12-18(17)24(28)29/h5-6,12,14-15H,2-4,7-11,13H2,1H3,(H,20,25). The summed E-state index contributed by atoms with van der Waals surface area (Å²) in [5, 5.41) is 25.4. The molecule has 2 aliphatic rings. The van der Waals surface area contributed by atoms with Crippen LogP contribution < -0.4 is 10.2 Å². The van der Waals surface area contributed by atoms with Crippen molar-refractivity contribution in [2.75, 3.05) is 37.6 Å². The van der Waals surface area contributed by atoms with Crippen LogP contribution >= 0.6 is 0 Å². The molecule has 0 spiro atoms. The second-order valence-electron chi connectivity index (χ2n) is 7.99. The Morgan fingerprint density at radius 1 is 1.14 bits per heavy atom. The SMILES string of the molecule is CC1CCCC(NC(=O)CN2CCN(c3ccc([N+](=O)[O-])cc3[N+](=O)[O-])CC2)C1. The van der Waals surface area contributed by atoms with Crippen molar-refractivity contribution in [2.24, 2.45) is 5.92 Å². The molecule has 1 aromatic rings. The van der Waals surface area contributed by atoms with Crippen LogP contribution in [-0.4, -0.2) is 59.4 Å². The number of non-ortho nitro benzene ring substituents is 1. The quantitative estimate of drug-likeness (QED) is 0.569. The van der Waals surface area contributed by atoms with Crippen LogP contribution in [0.1, 0.15) is 32.6 Å². The third kappa shape index (κ3) is 5.41. The number of hydrogen-bond donors (Lipinski definition) is 1. The molecule has 1 saturated carbocycles. The number of anilines is 1. The fourth-order valence-corrected chi connectivity index (χ4v) is 4.23. The molecule has 10 heteroatoms. The van der Waals surface area contributed by atoms with E-state index in [-0.39, 0.29) is 23.3 Å². The molecule has 0 radical (unpaired) electrons. The van der Waals surface area contributed by atoms with E-state index >= 15 is 0 Å². The van der Waals surface area contributed by atoms with E-state index in [1.165, 1.54) is 18.6 Å². The highest BCUT2D eigenvalue weighted by molar-refractivity contribution is 5.78. The fraction of sp³-hybridized carbons (Fsp3) is 0.632. The first-order valence-electron chi connectivity index (χ1n) is 10.0. The number of hydrogen-bond acceptors (Lipinski definition) is 7. The third-order valence-electron chi connectivity index (χ3n) is 5.75. The van der Waals surface area contributed by atoms with Gasteiger partial charge in [-0.3, -0.25) is 29.9 Å². The van der Waals surface area contributed by atoms with E-state index in [9.17, 15) is 25.0 Å². The van der Waals surface area contributed by atoms with Crippen LogP contribution in [0.15, 0.2) is 18.2 Å². The lowest BCUT2D eigenvalue weighted by atomic mass is 9.87. The summed E-state index contributed by atoms with van der Waals surface area (Å²) in [5.74, 6) is 0.675. The normalized spacial score (nSPS) is 22.9. The maximum Gasteiger partial charge on any atom is 0.299 e. The van der Waals surface area contributed by atoms with Crippen LogP contribution in [0.5, 0.6) is 0 Å². The van der Waals surface area contributed by atoms with Gasteiger partial charge in [0.1, 0.15) is 5.69 Å². The van der Waals surface area contributed by atoms with Crippen LogP contribution in [0.3, 0.4) is 0 Å². The minimum Gasteiger partial charge on any atom is -0.363 e. The van der Waals surface area contributed by atoms with Gasteiger partial charge in [-0.15, -0.1) is 0 Å².